The normalized spacial score (nSPS) is 12.1. The summed E-state index contributed by atoms with van der Waals surface area (Å²) in [5.74, 6) is -1.01. The minimum atomic E-state index is -1.25. The van der Waals surface area contributed by atoms with Gasteiger partial charge in [-0.1, -0.05) is 79.1 Å². The van der Waals surface area contributed by atoms with Crippen molar-refractivity contribution in [3.05, 3.63) is 0 Å². The third kappa shape index (κ3) is 12.0. The van der Waals surface area contributed by atoms with Gasteiger partial charge < -0.3 is 9.47 Å². The molecule has 0 aromatic heterocycles. The van der Waals surface area contributed by atoms with Crippen molar-refractivity contribution < 1.29 is 19.1 Å². The van der Waals surface area contributed by atoms with Crippen LogP contribution in [0.4, 0.5) is 0 Å². The summed E-state index contributed by atoms with van der Waals surface area (Å²) in [6.07, 6.45) is 10.9. The van der Waals surface area contributed by atoms with Crippen LogP contribution in [0, 0.1) is 10.8 Å². The molecule has 0 amide bonds. The Hall–Kier alpha value is -1.06. The maximum Gasteiger partial charge on any atom is 0.322 e. The van der Waals surface area contributed by atoms with Crippen molar-refractivity contribution in [1.82, 2.24) is 0 Å². The molecule has 0 aliphatic carbocycles. The first-order chi connectivity index (χ1) is 11.6. The van der Waals surface area contributed by atoms with Crippen LogP contribution in [0.2, 0.25) is 0 Å². The highest BCUT2D eigenvalue weighted by atomic mass is 16.6. The van der Waals surface area contributed by atoms with Gasteiger partial charge in [0.15, 0.2) is 5.41 Å². The van der Waals surface area contributed by atoms with E-state index in [1.807, 2.05) is 20.8 Å². The van der Waals surface area contributed by atoms with Gasteiger partial charge >= 0.3 is 11.9 Å². The Morgan fingerprint density at radius 3 is 1.60 bits per heavy atom. The lowest BCUT2D eigenvalue weighted by molar-refractivity contribution is -0.171. The Balaban J connectivity index is 3.84. The first-order valence-electron chi connectivity index (χ1n) is 9.95. The van der Waals surface area contributed by atoms with E-state index >= 15 is 0 Å². The minimum Gasteiger partial charge on any atom is -0.465 e. The quantitative estimate of drug-likeness (QED) is 0.242. The molecule has 0 aliphatic rings. The Labute approximate surface area is 155 Å². The molecule has 4 heteroatoms. The number of ether oxygens (including phenoxy) is 2. The van der Waals surface area contributed by atoms with Gasteiger partial charge in [-0.3, -0.25) is 9.59 Å². The van der Waals surface area contributed by atoms with Gasteiger partial charge in [-0.25, -0.2) is 0 Å². The second-order valence-electron chi connectivity index (χ2n) is 8.73. The molecule has 0 saturated carbocycles. The van der Waals surface area contributed by atoms with Gasteiger partial charge in [-0.2, -0.15) is 0 Å². The molecule has 25 heavy (non-hydrogen) atoms. The summed E-state index contributed by atoms with van der Waals surface area (Å²) in [4.78, 5) is 24.3. The lowest BCUT2D eigenvalue weighted by Crippen LogP contribution is -2.38. The van der Waals surface area contributed by atoms with Crippen molar-refractivity contribution in [2.75, 3.05) is 13.2 Å². The van der Waals surface area contributed by atoms with E-state index in [4.69, 9.17) is 9.47 Å². The smallest absolute Gasteiger partial charge is 0.322 e. The third-order valence-electron chi connectivity index (χ3n) is 4.14. The molecule has 0 aliphatic heterocycles. The molecule has 148 valence electrons. The van der Waals surface area contributed by atoms with Crippen molar-refractivity contribution in [2.24, 2.45) is 10.8 Å². The van der Waals surface area contributed by atoms with E-state index in [1.54, 1.807) is 13.8 Å². The maximum absolute atomic E-state index is 12.1. The number of carbonyl (C=O) groups excluding carboxylic acids is 2. The molecule has 0 radical (unpaired) electrons. The van der Waals surface area contributed by atoms with Crippen LogP contribution in [0.25, 0.3) is 0 Å². The summed E-state index contributed by atoms with van der Waals surface area (Å²) in [6.45, 7) is 12.0. The van der Waals surface area contributed by atoms with Gasteiger partial charge in [0.2, 0.25) is 0 Å². The van der Waals surface area contributed by atoms with Crippen molar-refractivity contribution in [3.63, 3.8) is 0 Å². The average Bonchev–Trinajstić information content (AvgIpc) is 2.53. The summed E-state index contributed by atoms with van der Waals surface area (Å²) in [6, 6.07) is 0. The van der Waals surface area contributed by atoms with Gasteiger partial charge in [0.25, 0.3) is 0 Å². The van der Waals surface area contributed by atoms with Gasteiger partial charge in [0.05, 0.1) is 13.2 Å². The Morgan fingerprint density at radius 2 is 1.12 bits per heavy atom. The Kier molecular flexibility index (Phi) is 11.8. The van der Waals surface area contributed by atoms with E-state index in [-0.39, 0.29) is 5.41 Å². The summed E-state index contributed by atoms with van der Waals surface area (Å²) >= 11 is 0. The van der Waals surface area contributed by atoms with E-state index in [0.717, 1.165) is 12.8 Å². The van der Waals surface area contributed by atoms with Crippen LogP contribution in [0.15, 0.2) is 0 Å². The molecule has 0 atom stereocenters. The molecule has 0 heterocycles. The molecular formula is C21H40O4. The zero-order valence-electron chi connectivity index (χ0n) is 17.4. The zero-order chi connectivity index (χ0) is 19.3. The molecule has 0 bridgehead atoms. The molecule has 0 fully saturated rings. The van der Waals surface area contributed by atoms with Crippen LogP contribution in [-0.4, -0.2) is 25.2 Å². The standard InChI is InChI=1S/C21H40O4/c1-7-8-9-10-11-12-13-14-15-16-24-18(22)21(5,6)19(23)25-17-20(2,3)4/h7-17H2,1-6H3. The molecule has 0 N–H and O–H groups in total. The van der Waals surface area contributed by atoms with E-state index in [9.17, 15) is 9.59 Å². The van der Waals surface area contributed by atoms with Gasteiger partial charge in [-0.15, -0.1) is 0 Å². The molecular weight excluding hydrogens is 316 g/mol. The predicted molar refractivity (Wildman–Crippen MR) is 102 cm³/mol. The number of hydrogen-bond donors (Lipinski definition) is 0. The molecule has 0 saturated heterocycles. The molecule has 0 unspecified atom stereocenters. The van der Waals surface area contributed by atoms with Crippen LogP contribution < -0.4 is 0 Å². The fraction of sp³-hybridized carbons (Fsp3) is 0.905. The zero-order valence-corrected chi connectivity index (χ0v) is 17.4. The summed E-state index contributed by atoms with van der Waals surface area (Å²) in [7, 11) is 0. The highest BCUT2D eigenvalue weighted by Gasteiger charge is 2.39. The van der Waals surface area contributed by atoms with Crippen LogP contribution in [-0.2, 0) is 19.1 Å². The van der Waals surface area contributed by atoms with E-state index in [2.05, 4.69) is 6.92 Å². The molecule has 0 spiro atoms. The topological polar surface area (TPSA) is 52.6 Å². The first-order valence-corrected chi connectivity index (χ1v) is 9.95. The van der Waals surface area contributed by atoms with Crippen molar-refractivity contribution in [3.8, 4) is 0 Å². The summed E-state index contributed by atoms with van der Waals surface area (Å²) in [5.41, 5.74) is -1.36. The summed E-state index contributed by atoms with van der Waals surface area (Å²) < 4.78 is 10.5. The monoisotopic (exact) mass is 356 g/mol. The highest BCUT2D eigenvalue weighted by Crippen LogP contribution is 2.22. The second kappa shape index (κ2) is 12.3. The molecule has 0 rings (SSSR count). The van der Waals surface area contributed by atoms with Crippen LogP contribution in [0.1, 0.15) is 99.3 Å². The number of rotatable bonds is 13. The summed E-state index contributed by atoms with van der Waals surface area (Å²) in [5, 5.41) is 0. The van der Waals surface area contributed by atoms with E-state index in [1.165, 1.54) is 44.9 Å². The van der Waals surface area contributed by atoms with Crippen molar-refractivity contribution in [1.29, 1.82) is 0 Å². The maximum atomic E-state index is 12.1. The first kappa shape index (κ1) is 23.9. The minimum absolute atomic E-state index is 0.119. The Bertz CT molecular complexity index is 380. The van der Waals surface area contributed by atoms with Gasteiger partial charge in [0.1, 0.15) is 0 Å². The van der Waals surface area contributed by atoms with Crippen molar-refractivity contribution in [2.45, 2.75) is 99.3 Å². The molecule has 0 aromatic carbocycles. The lowest BCUT2D eigenvalue weighted by Gasteiger charge is -2.24. The predicted octanol–water partition coefficient (Wildman–Crippen LogP) is 5.68. The van der Waals surface area contributed by atoms with Gasteiger partial charge in [-0.05, 0) is 25.7 Å². The fourth-order valence-electron chi connectivity index (χ4n) is 2.30. The molecule has 4 nitrogen and oxygen atoms in total. The lowest BCUT2D eigenvalue weighted by atomic mass is 9.93. The Morgan fingerprint density at radius 1 is 0.680 bits per heavy atom. The fourth-order valence-corrected chi connectivity index (χ4v) is 2.30. The van der Waals surface area contributed by atoms with Crippen LogP contribution in [0.5, 0.6) is 0 Å². The third-order valence-corrected chi connectivity index (χ3v) is 4.14. The van der Waals surface area contributed by atoms with Crippen LogP contribution >= 0.6 is 0 Å². The second-order valence-corrected chi connectivity index (χ2v) is 8.73. The average molecular weight is 357 g/mol. The van der Waals surface area contributed by atoms with Gasteiger partial charge in [0, 0.05) is 0 Å². The van der Waals surface area contributed by atoms with E-state index < -0.39 is 17.4 Å². The largest absolute Gasteiger partial charge is 0.465 e. The number of unbranched alkanes of at least 4 members (excludes halogenated alkanes) is 8. The number of carbonyl (C=O) groups is 2. The van der Waals surface area contributed by atoms with Crippen molar-refractivity contribution >= 4 is 11.9 Å². The SMILES string of the molecule is CCCCCCCCCCCOC(=O)C(C)(C)C(=O)OCC(C)(C)C. The highest BCUT2D eigenvalue weighted by molar-refractivity contribution is 5.99. The van der Waals surface area contributed by atoms with Crippen LogP contribution in [0.3, 0.4) is 0 Å². The number of esters is 2. The number of hydrogen-bond acceptors (Lipinski definition) is 4. The van der Waals surface area contributed by atoms with E-state index in [0.29, 0.717) is 13.2 Å². The molecule has 0 aromatic rings.